The minimum Gasteiger partial charge on any atom is -0.493 e. The molecule has 0 spiro atoms. The van der Waals surface area contributed by atoms with Crippen LogP contribution in [0.3, 0.4) is 0 Å². The topological polar surface area (TPSA) is 30.5 Å². The van der Waals surface area contributed by atoms with Gasteiger partial charge in [0.25, 0.3) is 0 Å². The molecule has 0 amide bonds. The molecule has 0 bridgehead atoms. The Balaban J connectivity index is 1.97. The summed E-state index contributed by atoms with van der Waals surface area (Å²) in [6.45, 7) is 9.44. The van der Waals surface area contributed by atoms with Crippen molar-refractivity contribution in [3.63, 3.8) is 0 Å². The monoisotopic (exact) mass is 447 g/mol. The van der Waals surface area contributed by atoms with Gasteiger partial charge in [0.2, 0.25) is 0 Å². The number of ether oxygens (including phenoxy) is 2. The van der Waals surface area contributed by atoms with Crippen molar-refractivity contribution in [3.8, 4) is 11.5 Å². The van der Waals surface area contributed by atoms with E-state index in [9.17, 15) is 0 Å². The Morgan fingerprint density at radius 3 is 1.84 bits per heavy atom. The minimum absolute atomic E-state index is 0.652. The fourth-order valence-corrected chi connectivity index (χ4v) is 4.02. The Morgan fingerprint density at radius 2 is 1.31 bits per heavy atom. The molecule has 32 heavy (non-hydrogen) atoms. The number of nitrogens with one attached hydrogen (secondary N) is 1. The van der Waals surface area contributed by atoms with Crippen LogP contribution in [0, 0.1) is 5.92 Å². The van der Waals surface area contributed by atoms with E-state index in [0.717, 1.165) is 37.6 Å². The normalized spacial score (nSPS) is 11.3. The third-order valence-corrected chi connectivity index (χ3v) is 6.22. The first-order chi connectivity index (χ1) is 15.7. The van der Waals surface area contributed by atoms with E-state index in [2.05, 4.69) is 38.2 Å². The summed E-state index contributed by atoms with van der Waals surface area (Å²) >= 11 is 0. The van der Waals surface area contributed by atoms with Gasteiger partial charge < -0.3 is 14.8 Å². The molecule has 0 saturated heterocycles. The predicted octanol–water partition coefficient (Wildman–Crippen LogP) is 8.69. The van der Waals surface area contributed by atoms with E-state index < -0.39 is 0 Å². The lowest BCUT2D eigenvalue weighted by Crippen LogP contribution is -2.14. The summed E-state index contributed by atoms with van der Waals surface area (Å²) in [5, 5.41) is 3.58. The number of benzene rings is 1. The highest BCUT2D eigenvalue weighted by Gasteiger charge is 2.06. The Kier molecular flexibility index (Phi) is 18.4. The van der Waals surface area contributed by atoms with Gasteiger partial charge in [-0.05, 0) is 43.0 Å². The summed E-state index contributed by atoms with van der Waals surface area (Å²) in [5.41, 5.74) is 1.25. The van der Waals surface area contributed by atoms with Crippen LogP contribution in [0.2, 0.25) is 0 Å². The summed E-state index contributed by atoms with van der Waals surface area (Å²) in [7, 11) is 1.72. The van der Waals surface area contributed by atoms with Gasteiger partial charge in [0, 0.05) is 6.54 Å². The Bertz CT molecular complexity index is 544. The van der Waals surface area contributed by atoms with Crippen molar-refractivity contribution in [2.75, 3.05) is 20.3 Å². The molecule has 1 N–H and O–H groups in total. The van der Waals surface area contributed by atoms with Crippen molar-refractivity contribution in [2.45, 2.75) is 124 Å². The van der Waals surface area contributed by atoms with Crippen molar-refractivity contribution >= 4 is 0 Å². The molecule has 1 rings (SSSR count). The fourth-order valence-electron chi connectivity index (χ4n) is 4.02. The second-order valence-corrected chi connectivity index (χ2v) is 9.79. The molecule has 0 heterocycles. The molecule has 0 radical (unpaired) electrons. The molecule has 0 aliphatic carbocycles. The zero-order valence-corrected chi connectivity index (χ0v) is 21.9. The molecule has 0 fully saturated rings. The Morgan fingerprint density at radius 1 is 0.750 bits per heavy atom. The fraction of sp³-hybridized carbons (Fsp3) is 0.793. The van der Waals surface area contributed by atoms with Gasteiger partial charge >= 0.3 is 0 Å². The van der Waals surface area contributed by atoms with Crippen molar-refractivity contribution in [3.05, 3.63) is 23.8 Å². The lowest BCUT2D eigenvalue weighted by Gasteiger charge is -2.13. The summed E-state index contributed by atoms with van der Waals surface area (Å²) in [4.78, 5) is 0. The highest BCUT2D eigenvalue weighted by Crippen LogP contribution is 2.28. The molecule has 0 aliphatic rings. The quantitative estimate of drug-likeness (QED) is 0.180. The summed E-state index contributed by atoms with van der Waals surface area (Å²) in [5.74, 6) is 2.34. The average molecular weight is 448 g/mol. The van der Waals surface area contributed by atoms with Crippen LogP contribution < -0.4 is 14.8 Å². The first-order valence-corrected chi connectivity index (χ1v) is 13.7. The predicted molar refractivity (Wildman–Crippen MR) is 140 cm³/mol. The van der Waals surface area contributed by atoms with Crippen LogP contribution in [0.5, 0.6) is 11.5 Å². The molecule has 3 heteroatoms. The van der Waals surface area contributed by atoms with E-state index in [1.165, 1.54) is 95.5 Å². The van der Waals surface area contributed by atoms with Crippen LogP contribution in [0.1, 0.15) is 123 Å². The highest BCUT2D eigenvalue weighted by atomic mass is 16.5. The van der Waals surface area contributed by atoms with Gasteiger partial charge in [0.1, 0.15) is 0 Å². The molecule has 1 aromatic carbocycles. The second kappa shape index (κ2) is 20.4. The third-order valence-electron chi connectivity index (χ3n) is 6.22. The zero-order valence-electron chi connectivity index (χ0n) is 21.9. The van der Waals surface area contributed by atoms with Crippen LogP contribution in [0.25, 0.3) is 0 Å². The smallest absolute Gasteiger partial charge is 0.161 e. The lowest BCUT2D eigenvalue weighted by atomic mass is 10.0. The molecule has 1 aromatic rings. The maximum atomic E-state index is 5.88. The molecule has 0 atom stereocenters. The van der Waals surface area contributed by atoms with Gasteiger partial charge in [-0.15, -0.1) is 0 Å². The highest BCUT2D eigenvalue weighted by molar-refractivity contribution is 5.42. The maximum Gasteiger partial charge on any atom is 0.161 e. The third kappa shape index (κ3) is 15.6. The SMILES string of the molecule is CCCCCCCCCCCCCCCCNCc1ccc(OCCC(C)C)c(OC)c1. The lowest BCUT2D eigenvalue weighted by molar-refractivity contribution is 0.273. The minimum atomic E-state index is 0.652. The van der Waals surface area contributed by atoms with E-state index in [-0.39, 0.29) is 0 Å². The van der Waals surface area contributed by atoms with E-state index in [1.807, 2.05) is 6.07 Å². The molecule has 186 valence electrons. The van der Waals surface area contributed by atoms with Gasteiger partial charge in [-0.1, -0.05) is 110 Å². The standard InChI is InChI=1S/C29H53NO2/c1-5-6-7-8-9-10-11-12-13-14-15-16-17-18-22-30-25-27-19-20-28(29(24-27)31-4)32-23-21-26(2)3/h19-20,24,26,30H,5-18,21-23,25H2,1-4H3. The van der Waals surface area contributed by atoms with Crippen molar-refractivity contribution in [1.82, 2.24) is 5.32 Å². The number of unbranched alkanes of at least 4 members (excludes halogenated alkanes) is 13. The van der Waals surface area contributed by atoms with Crippen molar-refractivity contribution < 1.29 is 9.47 Å². The molecule has 0 aliphatic heterocycles. The molecule has 0 saturated carbocycles. The van der Waals surface area contributed by atoms with Gasteiger partial charge in [-0.3, -0.25) is 0 Å². The van der Waals surface area contributed by atoms with Crippen LogP contribution in [-0.4, -0.2) is 20.3 Å². The van der Waals surface area contributed by atoms with Crippen LogP contribution in [0.4, 0.5) is 0 Å². The van der Waals surface area contributed by atoms with E-state index in [4.69, 9.17) is 9.47 Å². The van der Waals surface area contributed by atoms with Gasteiger partial charge in [0.05, 0.1) is 13.7 Å². The summed E-state index contributed by atoms with van der Waals surface area (Å²) < 4.78 is 11.4. The molecule has 0 unspecified atom stereocenters. The van der Waals surface area contributed by atoms with E-state index in [0.29, 0.717) is 5.92 Å². The first-order valence-electron chi connectivity index (χ1n) is 13.7. The van der Waals surface area contributed by atoms with Crippen LogP contribution in [0.15, 0.2) is 18.2 Å². The largest absolute Gasteiger partial charge is 0.493 e. The van der Waals surface area contributed by atoms with Gasteiger partial charge in [-0.2, -0.15) is 0 Å². The molecular formula is C29H53NO2. The molecule has 3 nitrogen and oxygen atoms in total. The van der Waals surface area contributed by atoms with Crippen molar-refractivity contribution in [2.24, 2.45) is 5.92 Å². The number of hydrogen-bond donors (Lipinski definition) is 1. The van der Waals surface area contributed by atoms with Gasteiger partial charge in [-0.25, -0.2) is 0 Å². The molecular weight excluding hydrogens is 394 g/mol. The summed E-state index contributed by atoms with van der Waals surface area (Å²) in [6, 6.07) is 6.29. The first kappa shape index (κ1) is 28.8. The van der Waals surface area contributed by atoms with E-state index >= 15 is 0 Å². The number of methoxy groups -OCH3 is 1. The van der Waals surface area contributed by atoms with Crippen LogP contribution in [-0.2, 0) is 6.54 Å². The maximum absolute atomic E-state index is 5.88. The summed E-state index contributed by atoms with van der Waals surface area (Å²) in [6.07, 6.45) is 20.8. The average Bonchev–Trinajstić information content (AvgIpc) is 2.79. The van der Waals surface area contributed by atoms with Gasteiger partial charge in [0.15, 0.2) is 11.5 Å². The zero-order chi connectivity index (χ0) is 23.3. The van der Waals surface area contributed by atoms with E-state index in [1.54, 1.807) is 7.11 Å². The van der Waals surface area contributed by atoms with Crippen molar-refractivity contribution in [1.29, 1.82) is 0 Å². The number of rotatable bonds is 22. The van der Waals surface area contributed by atoms with Crippen LogP contribution >= 0.6 is 0 Å². The Labute approximate surface area is 200 Å². The Hall–Kier alpha value is -1.22. The second-order valence-electron chi connectivity index (χ2n) is 9.79. The number of hydrogen-bond acceptors (Lipinski definition) is 3. The molecule has 0 aromatic heterocycles.